The first-order chi connectivity index (χ1) is 9.08. The van der Waals surface area contributed by atoms with Crippen molar-refractivity contribution < 1.29 is 4.39 Å². The van der Waals surface area contributed by atoms with Gasteiger partial charge in [-0.2, -0.15) is 0 Å². The summed E-state index contributed by atoms with van der Waals surface area (Å²) in [4.78, 5) is 2.44. The Kier molecular flexibility index (Phi) is 7.03. The van der Waals surface area contributed by atoms with E-state index in [2.05, 4.69) is 25.7 Å². The lowest BCUT2D eigenvalue weighted by Crippen LogP contribution is -2.39. The molecule has 3 heteroatoms. The third-order valence-electron chi connectivity index (χ3n) is 3.74. The number of halogens is 1. The van der Waals surface area contributed by atoms with Crippen LogP contribution in [-0.4, -0.2) is 24.0 Å². The number of nitrogens with two attached hydrogens (primary N) is 1. The van der Waals surface area contributed by atoms with Crippen LogP contribution in [0.4, 0.5) is 4.39 Å². The van der Waals surface area contributed by atoms with E-state index in [1.807, 2.05) is 0 Å². The molecule has 1 aromatic carbocycles. The summed E-state index contributed by atoms with van der Waals surface area (Å²) in [7, 11) is 0. The molecule has 1 aromatic rings. The van der Waals surface area contributed by atoms with Gasteiger partial charge in [0.25, 0.3) is 0 Å². The first-order valence-electron chi connectivity index (χ1n) is 7.33. The summed E-state index contributed by atoms with van der Waals surface area (Å²) in [6.07, 6.45) is 3.51. The molecule has 0 spiro atoms. The lowest BCUT2D eigenvalue weighted by Gasteiger charge is -2.31. The van der Waals surface area contributed by atoms with E-state index in [4.69, 9.17) is 5.73 Å². The molecule has 0 aromatic heterocycles. The number of nitrogens with zero attached hydrogens (tertiary/aromatic N) is 1. The molecule has 108 valence electrons. The molecule has 0 saturated carbocycles. The van der Waals surface area contributed by atoms with E-state index in [1.54, 1.807) is 12.1 Å². The van der Waals surface area contributed by atoms with Crippen molar-refractivity contribution in [3.05, 3.63) is 35.6 Å². The molecule has 2 nitrogen and oxygen atoms in total. The Morgan fingerprint density at radius 2 is 1.84 bits per heavy atom. The molecule has 2 atom stereocenters. The molecule has 0 saturated heterocycles. The second-order valence-corrected chi connectivity index (χ2v) is 5.26. The molecular formula is C16H27FN2. The summed E-state index contributed by atoms with van der Waals surface area (Å²) >= 11 is 0. The lowest BCUT2D eigenvalue weighted by atomic mass is 10.1. The summed E-state index contributed by atoms with van der Waals surface area (Å²) < 4.78 is 12.9. The first-order valence-corrected chi connectivity index (χ1v) is 7.33. The van der Waals surface area contributed by atoms with Gasteiger partial charge in [-0.25, -0.2) is 4.39 Å². The topological polar surface area (TPSA) is 29.3 Å². The van der Waals surface area contributed by atoms with E-state index in [0.29, 0.717) is 6.04 Å². The highest BCUT2D eigenvalue weighted by molar-refractivity contribution is 5.19. The maximum atomic E-state index is 12.9. The number of hydrogen-bond acceptors (Lipinski definition) is 2. The minimum absolute atomic E-state index is 0.0496. The third kappa shape index (κ3) is 5.29. The van der Waals surface area contributed by atoms with Gasteiger partial charge in [0.05, 0.1) is 0 Å². The molecule has 0 aliphatic rings. The highest BCUT2D eigenvalue weighted by Gasteiger charge is 2.16. The molecule has 0 aliphatic heterocycles. The van der Waals surface area contributed by atoms with E-state index in [0.717, 1.165) is 25.1 Å². The van der Waals surface area contributed by atoms with Crippen LogP contribution < -0.4 is 5.73 Å². The second-order valence-electron chi connectivity index (χ2n) is 5.26. The fourth-order valence-corrected chi connectivity index (χ4v) is 2.18. The van der Waals surface area contributed by atoms with Crippen molar-refractivity contribution in [1.29, 1.82) is 0 Å². The molecule has 0 amide bonds. The van der Waals surface area contributed by atoms with E-state index in [9.17, 15) is 4.39 Å². The monoisotopic (exact) mass is 266 g/mol. The van der Waals surface area contributed by atoms with Gasteiger partial charge in [0.15, 0.2) is 0 Å². The average Bonchev–Trinajstić information content (AvgIpc) is 2.43. The number of unbranched alkanes of at least 4 members (excludes halogenated alkanes) is 1. The largest absolute Gasteiger partial charge is 0.323 e. The number of rotatable bonds is 8. The predicted octanol–water partition coefficient (Wildman–Crippen LogP) is 3.73. The van der Waals surface area contributed by atoms with E-state index >= 15 is 0 Å². The fourth-order valence-electron chi connectivity index (χ4n) is 2.18. The molecule has 0 bridgehead atoms. The number of benzene rings is 1. The van der Waals surface area contributed by atoms with Crippen LogP contribution in [0, 0.1) is 5.82 Å². The lowest BCUT2D eigenvalue weighted by molar-refractivity contribution is 0.189. The standard InChI is InChI=1S/C16H27FN2/c1-4-6-11-19(13(3)5-2)12-16(18)14-7-9-15(17)10-8-14/h7-10,13,16H,4-6,11-12,18H2,1-3H3. The Morgan fingerprint density at radius 1 is 1.21 bits per heavy atom. The third-order valence-corrected chi connectivity index (χ3v) is 3.74. The van der Waals surface area contributed by atoms with Gasteiger partial charge in [0, 0.05) is 18.6 Å². The van der Waals surface area contributed by atoms with Gasteiger partial charge < -0.3 is 5.73 Å². The zero-order chi connectivity index (χ0) is 14.3. The molecule has 0 radical (unpaired) electrons. The summed E-state index contributed by atoms with van der Waals surface area (Å²) in [5, 5.41) is 0. The van der Waals surface area contributed by atoms with E-state index < -0.39 is 0 Å². The van der Waals surface area contributed by atoms with Crippen LogP contribution >= 0.6 is 0 Å². The maximum absolute atomic E-state index is 12.9. The zero-order valence-corrected chi connectivity index (χ0v) is 12.4. The van der Waals surface area contributed by atoms with Crippen LogP contribution in [0.3, 0.4) is 0 Å². The van der Waals surface area contributed by atoms with Crippen molar-refractivity contribution in [2.45, 2.75) is 52.1 Å². The normalized spacial score (nSPS) is 14.6. The van der Waals surface area contributed by atoms with Gasteiger partial charge in [-0.3, -0.25) is 4.90 Å². The molecule has 0 fully saturated rings. The smallest absolute Gasteiger partial charge is 0.123 e. The van der Waals surface area contributed by atoms with Crippen molar-refractivity contribution in [2.75, 3.05) is 13.1 Å². The summed E-state index contributed by atoms with van der Waals surface area (Å²) in [6, 6.07) is 7.02. The van der Waals surface area contributed by atoms with Crippen LogP contribution in [0.5, 0.6) is 0 Å². The van der Waals surface area contributed by atoms with Gasteiger partial charge in [-0.05, 0) is 44.0 Å². The van der Waals surface area contributed by atoms with Crippen molar-refractivity contribution in [2.24, 2.45) is 5.73 Å². The Morgan fingerprint density at radius 3 is 2.37 bits per heavy atom. The minimum Gasteiger partial charge on any atom is -0.323 e. The first kappa shape index (κ1) is 16.1. The Balaban J connectivity index is 2.63. The van der Waals surface area contributed by atoms with Crippen LogP contribution in [0.15, 0.2) is 24.3 Å². The molecule has 1 rings (SSSR count). The minimum atomic E-state index is -0.208. The molecule has 19 heavy (non-hydrogen) atoms. The molecule has 2 N–H and O–H groups in total. The Labute approximate surface area is 116 Å². The van der Waals surface area contributed by atoms with Gasteiger partial charge in [-0.1, -0.05) is 32.4 Å². The summed E-state index contributed by atoms with van der Waals surface area (Å²) in [5.41, 5.74) is 7.25. The predicted molar refractivity (Wildman–Crippen MR) is 79.6 cm³/mol. The van der Waals surface area contributed by atoms with Gasteiger partial charge >= 0.3 is 0 Å². The quantitative estimate of drug-likeness (QED) is 0.777. The Bertz CT molecular complexity index is 350. The van der Waals surface area contributed by atoms with Gasteiger partial charge in [-0.15, -0.1) is 0 Å². The second kappa shape index (κ2) is 8.28. The van der Waals surface area contributed by atoms with Crippen LogP contribution in [0.1, 0.15) is 51.6 Å². The molecule has 0 heterocycles. The van der Waals surface area contributed by atoms with Crippen LogP contribution in [-0.2, 0) is 0 Å². The zero-order valence-electron chi connectivity index (χ0n) is 12.4. The van der Waals surface area contributed by atoms with Gasteiger partial charge in [0.2, 0.25) is 0 Å². The average molecular weight is 266 g/mol. The van der Waals surface area contributed by atoms with Crippen LogP contribution in [0.2, 0.25) is 0 Å². The molecule has 0 aliphatic carbocycles. The van der Waals surface area contributed by atoms with Crippen molar-refractivity contribution in [3.63, 3.8) is 0 Å². The molecule has 2 unspecified atom stereocenters. The summed E-state index contributed by atoms with van der Waals surface area (Å²) in [6.45, 7) is 8.57. The Hall–Kier alpha value is -0.930. The SMILES string of the molecule is CCCCN(CC(N)c1ccc(F)cc1)C(C)CC. The number of hydrogen-bond donors (Lipinski definition) is 1. The van der Waals surface area contributed by atoms with Gasteiger partial charge in [0.1, 0.15) is 5.82 Å². The summed E-state index contributed by atoms with van der Waals surface area (Å²) in [5.74, 6) is -0.208. The van der Waals surface area contributed by atoms with Crippen LogP contribution in [0.25, 0.3) is 0 Å². The highest BCUT2D eigenvalue weighted by atomic mass is 19.1. The molecular weight excluding hydrogens is 239 g/mol. The highest BCUT2D eigenvalue weighted by Crippen LogP contribution is 2.15. The van der Waals surface area contributed by atoms with Crippen molar-refractivity contribution in [1.82, 2.24) is 4.90 Å². The van der Waals surface area contributed by atoms with Crippen molar-refractivity contribution >= 4 is 0 Å². The van der Waals surface area contributed by atoms with E-state index in [1.165, 1.54) is 25.0 Å². The van der Waals surface area contributed by atoms with Crippen molar-refractivity contribution in [3.8, 4) is 0 Å². The maximum Gasteiger partial charge on any atom is 0.123 e. The fraction of sp³-hybridized carbons (Fsp3) is 0.625. The van der Waals surface area contributed by atoms with E-state index in [-0.39, 0.29) is 11.9 Å².